The molecule has 0 aliphatic carbocycles. The second-order valence-electron chi connectivity index (χ2n) is 5.12. The molecule has 8 heteroatoms. The molecule has 6 nitrogen and oxygen atoms in total. The molecule has 22 heavy (non-hydrogen) atoms. The van der Waals surface area contributed by atoms with Gasteiger partial charge in [-0.1, -0.05) is 18.2 Å². The van der Waals surface area contributed by atoms with Crippen LogP contribution in [0.25, 0.3) is 0 Å². The minimum Gasteiger partial charge on any atom is -0.372 e. The maximum absolute atomic E-state index is 13.9. The van der Waals surface area contributed by atoms with Crippen LogP contribution in [-0.2, 0) is 27.4 Å². The van der Waals surface area contributed by atoms with Crippen molar-refractivity contribution in [2.45, 2.75) is 17.6 Å². The number of methoxy groups -OCH3 is 1. The second kappa shape index (κ2) is 6.15. The van der Waals surface area contributed by atoms with E-state index < -0.39 is 21.4 Å². The van der Waals surface area contributed by atoms with Crippen molar-refractivity contribution < 1.29 is 17.5 Å². The molecule has 1 heterocycles. The Morgan fingerprint density at radius 1 is 1.41 bits per heavy atom. The average molecular weight is 327 g/mol. The first-order valence-corrected chi connectivity index (χ1v) is 8.04. The minimum atomic E-state index is -3.79. The Labute approximate surface area is 129 Å². The number of aromatic nitrogens is 2. The largest absolute Gasteiger partial charge is 0.372 e. The molecule has 1 aromatic heterocycles. The molecule has 0 saturated heterocycles. The monoisotopic (exact) mass is 327 g/mol. The van der Waals surface area contributed by atoms with E-state index in [1.54, 1.807) is 32.2 Å². The van der Waals surface area contributed by atoms with Crippen molar-refractivity contribution in [3.8, 4) is 0 Å². The summed E-state index contributed by atoms with van der Waals surface area (Å²) in [6.07, 6.45) is 2.77. The lowest BCUT2D eigenvalue weighted by atomic mass is 9.95. The van der Waals surface area contributed by atoms with E-state index in [2.05, 4.69) is 9.71 Å². The highest BCUT2D eigenvalue weighted by Gasteiger charge is 2.31. The molecule has 0 spiro atoms. The molecule has 2 rings (SSSR count). The van der Waals surface area contributed by atoms with Crippen LogP contribution in [0.4, 0.5) is 4.39 Å². The van der Waals surface area contributed by atoms with Gasteiger partial charge in [0.05, 0.1) is 6.33 Å². The Kier molecular flexibility index (Phi) is 4.64. The van der Waals surface area contributed by atoms with E-state index in [0.29, 0.717) is 0 Å². The number of hydrogen-bond donors (Lipinski definition) is 1. The van der Waals surface area contributed by atoms with Gasteiger partial charge in [0.1, 0.15) is 11.4 Å². The van der Waals surface area contributed by atoms with Crippen molar-refractivity contribution in [1.29, 1.82) is 0 Å². The van der Waals surface area contributed by atoms with Crippen LogP contribution in [0.3, 0.4) is 0 Å². The highest BCUT2D eigenvalue weighted by Crippen LogP contribution is 2.26. The molecular formula is C14H18FN3O3S. The third-order valence-corrected chi connectivity index (χ3v) is 4.74. The molecule has 0 bridgehead atoms. The molecule has 0 radical (unpaired) electrons. The zero-order chi connectivity index (χ0) is 16.4. The molecule has 120 valence electrons. The Balaban J connectivity index is 2.23. The maximum atomic E-state index is 13.9. The molecule has 0 amide bonds. The van der Waals surface area contributed by atoms with Crippen LogP contribution in [0, 0.1) is 5.82 Å². The lowest BCUT2D eigenvalue weighted by Crippen LogP contribution is -2.40. The van der Waals surface area contributed by atoms with Crippen molar-refractivity contribution in [1.82, 2.24) is 14.3 Å². The van der Waals surface area contributed by atoms with Gasteiger partial charge in [-0.2, -0.15) is 0 Å². The lowest BCUT2D eigenvalue weighted by molar-refractivity contribution is 0.00409. The predicted octanol–water partition coefficient (Wildman–Crippen LogP) is 1.40. The van der Waals surface area contributed by atoms with Gasteiger partial charge < -0.3 is 9.30 Å². The van der Waals surface area contributed by atoms with Gasteiger partial charge in [-0.25, -0.2) is 22.5 Å². The summed E-state index contributed by atoms with van der Waals surface area (Å²) in [5.41, 5.74) is -0.853. The van der Waals surface area contributed by atoms with Gasteiger partial charge in [0, 0.05) is 32.5 Å². The zero-order valence-corrected chi connectivity index (χ0v) is 13.4. The number of halogens is 1. The third-order valence-electron chi connectivity index (χ3n) is 3.45. The summed E-state index contributed by atoms with van der Waals surface area (Å²) in [7, 11) is -0.712. The summed E-state index contributed by atoms with van der Waals surface area (Å²) in [5.74, 6) is -0.455. The maximum Gasteiger partial charge on any atom is 0.259 e. The molecule has 0 aliphatic rings. The van der Waals surface area contributed by atoms with Gasteiger partial charge >= 0.3 is 0 Å². The molecule has 0 saturated carbocycles. The number of rotatable bonds is 6. The van der Waals surface area contributed by atoms with Crippen LogP contribution in [-0.4, -0.2) is 31.6 Å². The molecule has 1 aromatic carbocycles. The number of imidazole rings is 1. The Hall–Kier alpha value is -1.77. The van der Waals surface area contributed by atoms with Gasteiger partial charge in [0.25, 0.3) is 10.0 Å². The van der Waals surface area contributed by atoms with Crippen molar-refractivity contribution in [2.24, 2.45) is 7.05 Å². The fourth-order valence-corrected chi connectivity index (χ4v) is 3.11. The van der Waals surface area contributed by atoms with Crippen molar-refractivity contribution in [2.75, 3.05) is 13.7 Å². The Bertz CT molecular complexity index is 760. The van der Waals surface area contributed by atoms with Crippen molar-refractivity contribution in [3.63, 3.8) is 0 Å². The highest BCUT2D eigenvalue weighted by molar-refractivity contribution is 7.89. The summed E-state index contributed by atoms with van der Waals surface area (Å²) in [6, 6.07) is 6.10. The van der Waals surface area contributed by atoms with Crippen LogP contribution in [0.2, 0.25) is 0 Å². The highest BCUT2D eigenvalue weighted by atomic mass is 32.2. The summed E-state index contributed by atoms with van der Waals surface area (Å²) in [4.78, 5) is 3.80. The topological polar surface area (TPSA) is 73.2 Å². The van der Waals surface area contributed by atoms with E-state index in [1.165, 1.54) is 30.3 Å². The Morgan fingerprint density at radius 3 is 2.64 bits per heavy atom. The second-order valence-corrected chi connectivity index (χ2v) is 6.83. The van der Waals surface area contributed by atoms with E-state index >= 15 is 0 Å². The lowest BCUT2D eigenvalue weighted by Gasteiger charge is -2.29. The molecule has 0 aliphatic heterocycles. The molecule has 0 fully saturated rings. The smallest absolute Gasteiger partial charge is 0.259 e. The summed E-state index contributed by atoms with van der Waals surface area (Å²) in [6.45, 7) is 1.50. The van der Waals surface area contributed by atoms with E-state index in [1.807, 2.05) is 0 Å². The molecular weight excluding hydrogens is 309 g/mol. The van der Waals surface area contributed by atoms with Crippen LogP contribution in [0.5, 0.6) is 0 Å². The minimum absolute atomic E-state index is 0.0954. The van der Waals surface area contributed by atoms with Crippen LogP contribution < -0.4 is 4.72 Å². The van der Waals surface area contributed by atoms with E-state index in [9.17, 15) is 12.8 Å². The quantitative estimate of drug-likeness (QED) is 0.870. The third kappa shape index (κ3) is 3.34. The molecule has 1 N–H and O–H groups in total. The van der Waals surface area contributed by atoms with Crippen LogP contribution in [0.1, 0.15) is 12.5 Å². The summed E-state index contributed by atoms with van der Waals surface area (Å²) in [5, 5.41) is -0.0954. The first-order chi connectivity index (χ1) is 10.3. The summed E-state index contributed by atoms with van der Waals surface area (Å²) < 4.78 is 47.6. The first-order valence-electron chi connectivity index (χ1n) is 6.56. The standard InChI is InChI=1S/C14H18FN3O3S/c1-14(21-3,11-6-4-5-7-12(11)15)9-17-22(19,20)13-8-18(2)10-16-13/h4-8,10,17H,9H2,1-3H3/t14-/m1/s1. The van der Waals surface area contributed by atoms with Crippen LogP contribution >= 0.6 is 0 Å². The number of hydrogen-bond acceptors (Lipinski definition) is 4. The fourth-order valence-electron chi connectivity index (χ4n) is 2.00. The number of benzene rings is 1. The van der Waals surface area contributed by atoms with Gasteiger partial charge in [0.15, 0.2) is 5.03 Å². The van der Waals surface area contributed by atoms with Gasteiger partial charge in [-0.15, -0.1) is 0 Å². The summed E-state index contributed by atoms with van der Waals surface area (Å²) >= 11 is 0. The first kappa shape index (κ1) is 16.6. The van der Waals surface area contributed by atoms with Crippen LogP contribution in [0.15, 0.2) is 41.8 Å². The van der Waals surface area contributed by atoms with E-state index in [0.717, 1.165) is 0 Å². The van der Waals surface area contributed by atoms with Crippen molar-refractivity contribution >= 4 is 10.0 Å². The molecule has 2 aromatic rings. The molecule has 1 atom stereocenters. The zero-order valence-electron chi connectivity index (χ0n) is 12.6. The number of nitrogens with one attached hydrogen (secondary N) is 1. The SMILES string of the molecule is CO[C@](C)(CNS(=O)(=O)c1cn(C)cn1)c1ccccc1F. The van der Waals surface area contributed by atoms with Crippen molar-refractivity contribution in [3.05, 3.63) is 48.2 Å². The predicted molar refractivity (Wildman–Crippen MR) is 79.2 cm³/mol. The number of nitrogens with zero attached hydrogens (tertiary/aromatic N) is 2. The molecule has 0 unspecified atom stereocenters. The Morgan fingerprint density at radius 2 is 2.09 bits per heavy atom. The van der Waals surface area contributed by atoms with Gasteiger partial charge in [-0.3, -0.25) is 0 Å². The number of sulfonamides is 1. The fraction of sp³-hybridized carbons (Fsp3) is 0.357. The number of aryl methyl sites for hydroxylation is 1. The van der Waals surface area contributed by atoms with Gasteiger partial charge in [0.2, 0.25) is 0 Å². The van der Waals surface area contributed by atoms with E-state index in [4.69, 9.17) is 4.74 Å². The van der Waals surface area contributed by atoms with Gasteiger partial charge in [-0.05, 0) is 13.0 Å². The average Bonchev–Trinajstić information content (AvgIpc) is 2.93. The number of ether oxygens (including phenoxy) is 1. The van der Waals surface area contributed by atoms with E-state index in [-0.39, 0.29) is 17.1 Å². The normalized spacial score (nSPS) is 14.7.